The molecule has 1 aliphatic rings. The monoisotopic (exact) mass is 349 g/mol. The number of nitrogens with zero attached hydrogens (tertiary/aromatic N) is 1. The molecule has 0 amide bonds. The third kappa shape index (κ3) is 3.55. The summed E-state index contributed by atoms with van der Waals surface area (Å²) in [7, 11) is 0. The first-order valence-electron chi connectivity index (χ1n) is 9.86. The number of hydrogen-bond acceptors (Lipinski definition) is 1. The van der Waals surface area contributed by atoms with E-state index in [1.54, 1.807) is 0 Å². The van der Waals surface area contributed by atoms with Gasteiger partial charge in [-0.2, -0.15) is 0 Å². The van der Waals surface area contributed by atoms with Crippen LogP contribution in [0.2, 0.25) is 0 Å². The van der Waals surface area contributed by atoms with Gasteiger partial charge in [0.25, 0.3) is 0 Å². The van der Waals surface area contributed by atoms with E-state index in [1.165, 1.54) is 52.5 Å². The van der Waals surface area contributed by atoms with Gasteiger partial charge in [-0.1, -0.05) is 42.0 Å². The minimum absolute atomic E-state index is 0.332. The lowest BCUT2D eigenvalue weighted by molar-refractivity contribution is -0.676. The Morgan fingerprint density at radius 1 is 1.08 bits per heavy atom. The average Bonchev–Trinajstić information content (AvgIpc) is 2.96. The molecule has 1 unspecified atom stereocenters. The summed E-state index contributed by atoms with van der Waals surface area (Å²) in [5, 5.41) is 14.3. The van der Waals surface area contributed by atoms with Crippen molar-refractivity contribution in [1.82, 2.24) is 4.57 Å². The molecule has 3 aromatic rings. The topological polar surface area (TPSA) is 41.8 Å². The summed E-state index contributed by atoms with van der Waals surface area (Å²) in [6.45, 7) is 4.51. The van der Waals surface area contributed by atoms with Gasteiger partial charge in [-0.3, -0.25) is 0 Å². The molecule has 0 bridgehead atoms. The molecule has 136 valence electrons. The fourth-order valence-electron chi connectivity index (χ4n) is 4.30. The largest absolute Gasteiger partial charge is 0.385 e. The Hall–Kier alpha value is -2.10. The van der Waals surface area contributed by atoms with Gasteiger partial charge in [0.05, 0.1) is 6.54 Å². The molecule has 1 aliphatic carbocycles. The van der Waals surface area contributed by atoms with Crippen LogP contribution in [0.25, 0.3) is 10.9 Å². The zero-order valence-corrected chi connectivity index (χ0v) is 15.6. The molecular formula is C23H29N2O+. The zero-order chi connectivity index (χ0) is 17.9. The van der Waals surface area contributed by atoms with Crippen LogP contribution in [0, 0.1) is 6.92 Å². The fourth-order valence-corrected chi connectivity index (χ4v) is 4.30. The molecule has 0 saturated heterocycles. The van der Waals surface area contributed by atoms with Crippen LogP contribution in [0.1, 0.15) is 35.2 Å². The standard InChI is InChI=1S/C23H28N2O/c1-17-11-12-23-21(13-17)20-9-5-6-10-22(20)25(23)16-19(26)15-24-14-18-7-3-2-4-8-18/h2-4,7-8,11-13,19,24,26H,5-6,9-10,14-16H2,1H3/p+1. The van der Waals surface area contributed by atoms with Gasteiger partial charge in [-0.25, -0.2) is 0 Å². The van der Waals surface area contributed by atoms with Crippen LogP contribution < -0.4 is 5.32 Å². The van der Waals surface area contributed by atoms with E-state index in [-0.39, 0.29) is 6.10 Å². The summed E-state index contributed by atoms with van der Waals surface area (Å²) in [6.07, 6.45) is 4.54. The number of hydrogen-bond donors (Lipinski definition) is 2. The first kappa shape index (κ1) is 17.3. The van der Waals surface area contributed by atoms with Crippen LogP contribution in [0.4, 0.5) is 0 Å². The Bertz CT molecular complexity index is 882. The normalized spacial score (nSPS) is 15.2. The van der Waals surface area contributed by atoms with Crippen molar-refractivity contribution >= 4 is 10.9 Å². The number of fused-ring (bicyclic) bond motifs is 3. The third-order valence-electron chi connectivity index (χ3n) is 5.59. The highest BCUT2D eigenvalue weighted by atomic mass is 16.3. The van der Waals surface area contributed by atoms with Crippen molar-refractivity contribution in [3.63, 3.8) is 0 Å². The minimum Gasteiger partial charge on any atom is -0.385 e. The van der Waals surface area contributed by atoms with Crippen LogP contribution in [-0.4, -0.2) is 22.3 Å². The van der Waals surface area contributed by atoms with E-state index in [4.69, 9.17) is 0 Å². The molecule has 1 heterocycles. The van der Waals surface area contributed by atoms with Crippen LogP contribution in [-0.2, 0) is 25.9 Å². The lowest BCUT2D eigenvalue weighted by atomic mass is 9.95. The predicted molar refractivity (Wildman–Crippen MR) is 106 cm³/mol. The molecular weight excluding hydrogens is 320 g/mol. The second kappa shape index (κ2) is 7.65. The van der Waals surface area contributed by atoms with Crippen molar-refractivity contribution < 1.29 is 10.4 Å². The van der Waals surface area contributed by atoms with Gasteiger partial charge in [0.2, 0.25) is 0 Å². The molecule has 4 rings (SSSR count). The maximum atomic E-state index is 10.7. The Kier molecular flexibility index (Phi) is 5.09. The number of aryl methyl sites for hydroxylation is 2. The van der Waals surface area contributed by atoms with Gasteiger partial charge < -0.3 is 15.0 Å². The number of quaternary nitrogens is 1. The zero-order valence-electron chi connectivity index (χ0n) is 15.6. The van der Waals surface area contributed by atoms with Crippen molar-refractivity contribution in [1.29, 1.82) is 0 Å². The number of nitrogens with two attached hydrogens (primary N) is 1. The van der Waals surface area contributed by atoms with E-state index in [9.17, 15) is 5.11 Å². The highest BCUT2D eigenvalue weighted by Crippen LogP contribution is 2.32. The molecule has 1 aromatic heterocycles. The molecule has 2 aromatic carbocycles. The van der Waals surface area contributed by atoms with Crippen molar-refractivity contribution in [2.75, 3.05) is 6.54 Å². The molecule has 3 N–H and O–H groups in total. The maximum absolute atomic E-state index is 10.7. The molecule has 0 saturated carbocycles. The SMILES string of the molecule is Cc1ccc2c(c1)c1c(n2CC(O)C[NH2+]Cc2ccccc2)CCCC1. The van der Waals surface area contributed by atoms with Crippen LogP contribution in [0.3, 0.4) is 0 Å². The summed E-state index contributed by atoms with van der Waals surface area (Å²) in [4.78, 5) is 0. The van der Waals surface area contributed by atoms with E-state index in [0.29, 0.717) is 6.54 Å². The molecule has 0 spiro atoms. The number of aliphatic hydroxyl groups excluding tert-OH is 1. The third-order valence-corrected chi connectivity index (χ3v) is 5.59. The van der Waals surface area contributed by atoms with E-state index >= 15 is 0 Å². The molecule has 3 heteroatoms. The molecule has 0 aliphatic heterocycles. The first-order chi connectivity index (χ1) is 12.7. The minimum atomic E-state index is -0.332. The Labute approximate surface area is 155 Å². The van der Waals surface area contributed by atoms with E-state index in [0.717, 1.165) is 19.5 Å². The Balaban J connectivity index is 1.49. The van der Waals surface area contributed by atoms with Crippen LogP contribution in [0.5, 0.6) is 0 Å². The first-order valence-corrected chi connectivity index (χ1v) is 9.86. The average molecular weight is 349 g/mol. The summed E-state index contributed by atoms with van der Waals surface area (Å²) in [6, 6.07) is 17.2. The maximum Gasteiger partial charge on any atom is 0.121 e. The quantitative estimate of drug-likeness (QED) is 0.706. The second-order valence-corrected chi connectivity index (χ2v) is 7.63. The highest BCUT2D eigenvalue weighted by molar-refractivity contribution is 5.86. The summed E-state index contributed by atoms with van der Waals surface area (Å²) < 4.78 is 2.39. The number of benzene rings is 2. The number of rotatable bonds is 6. The van der Waals surface area contributed by atoms with Crippen molar-refractivity contribution in [2.24, 2.45) is 0 Å². The second-order valence-electron chi connectivity index (χ2n) is 7.63. The molecule has 26 heavy (non-hydrogen) atoms. The molecule has 1 atom stereocenters. The summed E-state index contributed by atoms with van der Waals surface area (Å²) >= 11 is 0. The van der Waals surface area contributed by atoms with Gasteiger partial charge in [0.1, 0.15) is 19.2 Å². The molecule has 3 nitrogen and oxygen atoms in total. The fraction of sp³-hybridized carbons (Fsp3) is 0.391. The van der Waals surface area contributed by atoms with Gasteiger partial charge in [-0.05, 0) is 50.3 Å². The van der Waals surface area contributed by atoms with Gasteiger partial charge in [0, 0.05) is 22.2 Å². The smallest absolute Gasteiger partial charge is 0.121 e. The van der Waals surface area contributed by atoms with Gasteiger partial charge in [0.15, 0.2) is 0 Å². The summed E-state index contributed by atoms with van der Waals surface area (Å²) in [5.74, 6) is 0. The Morgan fingerprint density at radius 3 is 2.73 bits per heavy atom. The lowest BCUT2D eigenvalue weighted by Gasteiger charge is -2.18. The predicted octanol–water partition coefficient (Wildman–Crippen LogP) is 2.95. The summed E-state index contributed by atoms with van der Waals surface area (Å²) in [5.41, 5.74) is 6.90. The number of aliphatic hydroxyl groups is 1. The Morgan fingerprint density at radius 2 is 1.88 bits per heavy atom. The number of aromatic nitrogens is 1. The van der Waals surface area contributed by atoms with E-state index in [1.807, 2.05) is 6.07 Å². The molecule has 0 radical (unpaired) electrons. The van der Waals surface area contributed by atoms with Crippen LogP contribution >= 0.6 is 0 Å². The highest BCUT2D eigenvalue weighted by Gasteiger charge is 2.21. The van der Waals surface area contributed by atoms with E-state index in [2.05, 4.69) is 59.3 Å². The van der Waals surface area contributed by atoms with Gasteiger partial charge in [-0.15, -0.1) is 0 Å². The van der Waals surface area contributed by atoms with Crippen molar-refractivity contribution in [2.45, 2.75) is 51.8 Å². The van der Waals surface area contributed by atoms with Crippen molar-refractivity contribution in [3.8, 4) is 0 Å². The molecule has 0 fully saturated rings. The lowest BCUT2D eigenvalue weighted by Crippen LogP contribution is -2.85. The van der Waals surface area contributed by atoms with Crippen molar-refractivity contribution in [3.05, 3.63) is 70.9 Å². The van der Waals surface area contributed by atoms with Crippen LogP contribution in [0.15, 0.2) is 48.5 Å². The van der Waals surface area contributed by atoms with Gasteiger partial charge >= 0.3 is 0 Å². The van der Waals surface area contributed by atoms with E-state index < -0.39 is 0 Å².